The number of hydrogen-bond donors (Lipinski definition) is 1. The molecular weight excluding hydrogens is 553 g/mol. The van der Waals surface area contributed by atoms with Crippen molar-refractivity contribution in [1.82, 2.24) is 4.68 Å². The zero-order valence-electron chi connectivity index (χ0n) is 19.6. The zero-order valence-corrected chi connectivity index (χ0v) is 21.8. The van der Waals surface area contributed by atoms with Crippen LogP contribution in [0.15, 0.2) is 72.3 Å². The van der Waals surface area contributed by atoms with E-state index in [1.807, 2.05) is 62.4 Å². The van der Waals surface area contributed by atoms with Crippen molar-refractivity contribution in [1.29, 1.82) is 5.26 Å². The van der Waals surface area contributed by atoms with Crippen molar-refractivity contribution >= 4 is 45.3 Å². The second-order valence-corrected chi connectivity index (χ2v) is 9.19. The van der Waals surface area contributed by atoms with Gasteiger partial charge in [0.1, 0.15) is 18.2 Å². The molecule has 4 rings (SSSR count). The minimum Gasteiger partial charge on any atom is -0.493 e. The first-order valence-electron chi connectivity index (χ1n) is 11.0. The fourth-order valence-electron chi connectivity index (χ4n) is 3.85. The predicted octanol–water partition coefficient (Wildman–Crippen LogP) is 6.13. The lowest BCUT2D eigenvalue weighted by atomic mass is 10.1. The Morgan fingerprint density at radius 1 is 1.09 bits per heavy atom. The number of halogens is 1. The van der Waals surface area contributed by atoms with Crippen molar-refractivity contribution in [3.63, 3.8) is 0 Å². The summed E-state index contributed by atoms with van der Waals surface area (Å²) in [5, 5.41) is 11.9. The van der Waals surface area contributed by atoms with E-state index < -0.39 is 5.91 Å². The number of amides is 1. The Balaban J connectivity index is 1.58. The Bertz CT molecular complexity index is 1460. The van der Waals surface area contributed by atoms with E-state index >= 15 is 0 Å². The maximum Gasteiger partial charge on any atom is 0.280 e. The number of rotatable bonds is 7. The quantitative estimate of drug-likeness (QED) is 0.163. The molecule has 0 bridgehead atoms. The molecule has 176 valence electrons. The van der Waals surface area contributed by atoms with E-state index in [2.05, 4.69) is 46.2 Å². The molecule has 3 aromatic carbocycles. The summed E-state index contributed by atoms with van der Waals surface area (Å²) in [5.41, 5.74) is 6.23. The molecule has 7 heteroatoms. The number of nitriles is 1. The number of hydrogen-bond acceptors (Lipinski definition) is 4. The van der Waals surface area contributed by atoms with Crippen molar-refractivity contribution in [2.45, 2.75) is 20.5 Å². The summed E-state index contributed by atoms with van der Waals surface area (Å²) < 4.78 is 14.2. The summed E-state index contributed by atoms with van der Waals surface area (Å²) in [6, 6.07) is 23.7. The summed E-state index contributed by atoms with van der Waals surface area (Å²) >= 11 is 2.18. The largest absolute Gasteiger partial charge is 0.493 e. The molecule has 1 N–H and O–H groups in total. The highest BCUT2D eigenvalue weighted by Gasteiger charge is 2.15. The molecule has 0 aliphatic carbocycles. The number of aryl methyl sites for hydroxylation is 2. The van der Waals surface area contributed by atoms with Crippen LogP contribution in [0.3, 0.4) is 0 Å². The van der Waals surface area contributed by atoms with Crippen LogP contribution in [0.5, 0.6) is 11.5 Å². The summed E-state index contributed by atoms with van der Waals surface area (Å²) in [6.45, 7) is 4.14. The van der Waals surface area contributed by atoms with E-state index in [4.69, 9.17) is 9.47 Å². The van der Waals surface area contributed by atoms with Crippen LogP contribution >= 0.6 is 22.6 Å². The van der Waals surface area contributed by atoms with Crippen molar-refractivity contribution in [2.24, 2.45) is 0 Å². The number of ether oxygens (including phenoxy) is 2. The molecule has 0 atom stereocenters. The molecular formula is C28H24IN3O3. The van der Waals surface area contributed by atoms with E-state index in [0.29, 0.717) is 23.7 Å². The molecule has 0 aliphatic heterocycles. The van der Waals surface area contributed by atoms with Gasteiger partial charge in [0.05, 0.1) is 10.7 Å². The van der Waals surface area contributed by atoms with E-state index in [0.717, 1.165) is 31.3 Å². The second kappa shape index (κ2) is 10.7. The monoisotopic (exact) mass is 577 g/mol. The van der Waals surface area contributed by atoms with E-state index in [1.165, 1.54) is 0 Å². The molecule has 0 unspecified atom stereocenters. The molecule has 0 fully saturated rings. The highest BCUT2D eigenvalue weighted by molar-refractivity contribution is 14.1. The Hall–Kier alpha value is -3.77. The van der Waals surface area contributed by atoms with Gasteiger partial charge < -0.3 is 9.47 Å². The van der Waals surface area contributed by atoms with E-state index in [1.54, 1.807) is 23.9 Å². The van der Waals surface area contributed by atoms with Crippen molar-refractivity contribution < 1.29 is 14.3 Å². The molecule has 1 heterocycles. The maximum atomic E-state index is 12.7. The lowest BCUT2D eigenvalue weighted by Crippen LogP contribution is -2.25. The average Bonchev–Trinajstić information content (AvgIpc) is 3.18. The molecule has 0 saturated carbocycles. The number of benzene rings is 3. The lowest BCUT2D eigenvalue weighted by molar-refractivity contribution is -0.113. The second-order valence-electron chi connectivity index (χ2n) is 8.02. The lowest BCUT2D eigenvalue weighted by Gasteiger charge is -2.15. The van der Waals surface area contributed by atoms with Gasteiger partial charge in [-0.15, -0.1) is 0 Å². The zero-order chi connectivity index (χ0) is 24.9. The van der Waals surface area contributed by atoms with Gasteiger partial charge in [0.2, 0.25) is 0 Å². The van der Waals surface area contributed by atoms with Crippen LogP contribution in [-0.4, -0.2) is 17.7 Å². The number of carbonyl (C=O) groups is 1. The maximum absolute atomic E-state index is 12.7. The number of carbonyl (C=O) groups excluding carboxylic acids is 1. The molecule has 0 spiro atoms. The number of aromatic nitrogens is 1. The molecule has 1 aromatic heterocycles. The number of fused-ring (bicyclic) bond motifs is 1. The summed E-state index contributed by atoms with van der Waals surface area (Å²) in [6.07, 6.45) is 1.54. The first-order chi connectivity index (χ1) is 16.9. The van der Waals surface area contributed by atoms with Gasteiger partial charge >= 0.3 is 0 Å². The number of methoxy groups -OCH3 is 1. The third kappa shape index (κ3) is 5.33. The van der Waals surface area contributed by atoms with Crippen LogP contribution in [0, 0.1) is 28.7 Å². The molecule has 4 aromatic rings. The standard InChI is InChI=1S/C28H24IN3O3/c1-18-11-12-19(2)32(18)31-28(33)23(16-30)13-20-14-25(29)27(26(15-20)34-3)35-17-22-9-6-8-21-7-4-5-10-24(21)22/h4-15H,17H2,1-3H3,(H,31,33)/b23-13-. The first kappa shape index (κ1) is 24.4. The summed E-state index contributed by atoms with van der Waals surface area (Å²) in [7, 11) is 1.57. The fourth-order valence-corrected chi connectivity index (χ4v) is 4.63. The van der Waals surface area contributed by atoms with Gasteiger partial charge in [0, 0.05) is 11.4 Å². The average molecular weight is 577 g/mol. The summed E-state index contributed by atoms with van der Waals surface area (Å²) in [5.74, 6) is 0.651. The highest BCUT2D eigenvalue weighted by atomic mass is 127. The van der Waals surface area contributed by atoms with Crippen LogP contribution in [0.25, 0.3) is 16.8 Å². The molecule has 0 aliphatic rings. The predicted molar refractivity (Wildman–Crippen MR) is 146 cm³/mol. The Labute approximate surface area is 217 Å². The third-order valence-electron chi connectivity index (χ3n) is 5.66. The van der Waals surface area contributed by atoms with Crippen LogP contribution in [0.1, 0.15) is 22.5 Å². The van der Waals surface area contributed by atoms with Gasteiger partial charge in [-0.3, -0.25) is 14.9 Å². The Morgan fingerprint density at radius 3 is 2.51 bits per heavy atom. The van der Waals surface area contributed by atoms with Gasteiger partial charge in [0.25, 0.3) is 5.91 Å². The first-order valence-corrected chi connectivity index (χ1v) is 12.0. The Morgan fingerprint density at radius 2 is 1.80 bits per heavy atom. The van der Waals surface area contributed by atoms with Crippen molar-refractivity contribution in [3.05, 3.63) is 98.4 Å². The van der Waals surface area contributed by atoms with Crippen LogP contribution in [-0.2, 0) is 11.4 Å². The van der Waals surface area contributed by atoms with Crippen molar-refractivity contribution in [2.75, 3.05) is 12.5 Å². The van der Waals surface area contributed by atoms with Crippen LogP contribution < -0.4 is 14.9 Å². The third-order valence-corrected chi connectivity index (χ3v) is 6.47. The minimum atomic E-state index is -0.486. The highest BCUT2D eigenvalue weighted by Crippen LogP contribution is 2.35. The molecule has 35 heavy (non-hydrogen) atoms. The Kier molecular flexibility index (Phi) is 7.42. The smallest absolute Gasteiger partial charge is 0.280 e. The summed E-state index contributed by atoms with van der Waals surface area (Å²) in [4.78, 5) is 12.7. The van der Waals surface area contributed by atoms with E-state index in [-0.39, 0.29) is 5.57 Å². The SMILES string of the molecule is COc1cc(/C=C(/C#N)C(=O)Nn2c(C)ccc2C)cc(I)c1OCc1cccc2ccccc12. The fraction of sp³-hybridized carbons (Fsp3) is 0.143. The van der Waals surface area contributed by atoms with Gasteiger partial charge in [-0.05, 0) is 88.7 Å². The molecule has 6 nitrogen and oxygen atoms in total. The molecule has 1 amide bonds. The van der Waals surface area contributed by atoms with Gasteiger partial charge in [-0.2, -0.15) is 5.26 Å². The number of nitrogens with zero attached hydrogens (tertiary/aromatic N) is 2. The van der Waals surface area contributed by atoms with Crippen molar-refractivity contribution in [3.8, 4) is 17.6 Å². The molecule has 0 saturated heterocycles. The van der Waals surface area contributed by atoms with Gasteiger partial charge in [0.15, 0.2) is 11.5 Å². The minimum absolute atomic E-state index is 0.0141. The molecule has 0 radical (unpaired) electrons. The van der Waals surface area contributed by atoms with Gasteiger partial charge in [-0.1, -0.05) is 42.5 Å². The van der Waals surface area contributed by atoms with Crippen LogP contribution in [0.4, 0.5) is 0 Å². The van der Waals surface area contributed by atoms with E-state index in [9.17, 15) is 10.1 Å². The van der Waals surface area contributed by atoms with Crippen LogP contribution in [0.2, 0.25) is 0 Å². The number of nitrogens with one attached hydrogen (secondary N) is 1. The topological polar surface area (TPSA) is 76.3 Å². The normalized spacial score (nSPS) is 11.2. The van der Waals surface area contributed by atoms with Gasteiger partial charge in [-0.25, -0.2) is 0 Å².